The van der Waals surface area contributed by atoms with Crippen molar-refractivity contribution in [1.82, 2.24) is 0 Å². The van der Waals surface area contributed by atoms with E-state index in [0.29, 0.717) is 31.3 Å². The van der Waals surface area contributed by atoms with E-state index in [-0.39, 0.29) is 6.61 Å². The van der Waals surface area contributed by atoms with Crippen molar-refractivity contribution in [2.45, 2.75) is 20.5 Å². The van der Waals surface area contributed by atoms with Gasteiger partial charge >= 0.3 is 0 Å². The first-order valence-corrected chi connectivity index (χ1v) is 7.41. The van der Waals surface area contributed by atoms with Gasteiger partial charge in [0.1, 0.15) is 19.0 Å². The Morgan fingerprint density at radius 2 is 1.59 bits per heavy atom. The molecule has 0 aliphatic rings. The van der Waals surface area contributed by atoms with Gasteiger partial charge in [-0.1, -0.05) is 23.8 Å². The number of aliphatic hydroxyl groups is 1. The van der Waals surface area contributed by atoms with Crippen LogP contribution in [0.2, 0.25) is 0 Å². The van der Waals surface area contributed by atoms with Crippen LogP contribution in [-0.4, -0.2) is 24.9 Å². The van der Waals surface area contributed by atoms with Gasteiger partial charge in [0.15, 0.2) is 11.5 Å². The highest BCUT2D eigenvalue weighted by Crippen LogP contribution is 2.28. The van der Waals surface area contributed by atoms with E-state index in [0.717, 1.165) is 11.3 Å². The number of rotatable bonds is 8. The molecule has 0 aliphatic carbocycles. The predicted octanol–water partition coefficient (Wildman–Crippen LogP) is 3.34. The maximum atomic E-state index is 9.16. The summed E-state index contributed by atoms with van der Waals surface area (Å²) in [7, 11) is 0. The molecule has 0 amide bonds. The quantitative estimate of drug-likeness (QED) is 0.760. The first-order chi connectivity index (χ1) is 10.7. The Balaban J connectivity index is 1.86. The van der Waals surface area contributed by atoms with Gasteiger partial charge in [0, 0.05) is 0 Å². The molecule has 0 aliphatic heterocycles. The number of aryl methyl sites for hydroxylation is 1. The van der Waals surface area contributed by atoms with E-state index in [1.807, 2.05) is 50.2 Å². The molecule has 0 fully saturated rings. The molecule has 0 spiro atoms. The minimum absolute atomic E-state index is 0.0170. The van der Waals surface area contributed by atoms with Crippen LogP contribution in [0, 0.1) is 6.92 Å². The summed E-state index contributed by atoms with van der Waals surface area (Å²) in [6, 6.07) is 13.3. The van der Waals surface area contributed by atoms with E-state index < -0.39 is 0 Å². The zero-order chi connectivity index (χ0) is 15.8. The van der Waals surface area contributed by atoms with Gasteiger partial charge < -0.3 is 19.3 Å². The van der Waals surface area contributed by atoms with E-state index in [1.165, 1.54) is 5.56 Å². The Kier molecular flexibility index (Phi) is 6.10. The second-order valence-corrected chi connectivity index (χ2v) is 4.88. The smallest absolute Gasteiger partial charge is 0.161 e. The number of hydrogen-bond acceptors (Lipinski definition) is 4. The zero-order valence-electron chi connectivity index (χ0n) is 13.0. The molecule has 4 heteroatoms. The number of hydrogen-bond donors (Lipinski definition) is 1. The molecule has 0 bridgehead atoms. The van der Waals surface area contributed by atoms with Crippen LogP contribution in [0.3, 0.4) is 0 Å². The van der Waals surface area contributed by atoms with Gasteiger partial charge in [-0.15, -0.1) is 0 Å². The van der Waals surface area contributed by atoms with Gasteiger partial charge in [-0.05, 0) is 43.7 Å². The van der Waals surface area contributed by atoms with Crippen LogP contribution < -0.4 is 14.2 Å². The summed E-state index contributed by atoms with van der Waals surface area (Å²) >= 11 is 0. The third-order valence-corrected chi connectivity index (χ3v) is 3.12. The zero-order valence-corrected chi connectivity index (χ0v) is 13.0. The molecule has 118 valence electrons. The molecule has 0 atom stereocenters. The second kappa shape index (κ2) is 8.29. The van der Waals surface area contributed by atoms with Crippen molar-refractivity contribution in [1.29, 1.82) is 0 Å². The Morgan fingerprint density at radius 1 is 0.864 bits per heavy atom. The van der Waals surface area contributed by atoms with E-state index in [1.54, 1.807) is 6.07 Å². The molecule has 0 aromatic heterocycles. The maximum Gasteiger partial charge on any atom is 0.161 e. The van der Waals surface area contributed by atoms with Crippen molar-refractivity contribution >= 4 is 0 Å². The summed E-state index contributed by atoms with van der Waals surface area (Å²) in [5, 5.41) is 9.16. The van der Waals surface area contributed by atoms with E-state index >= 15 is 0 Å². The SMILES string of the molecule is CCOc1cc(CO)ccc1OCCOc1ccc(C)cc1. The molecule has 22 heavy (non-hydrogen) atoms. The van der Waals surface area contributed by atoms with Crippen LogP contribution in [0.4, 0.5) is 0 Å². The summed E-state index contributed by atoms with van der Waals surface area (Å²) in [5.74, 6) is 2.13. The second-order valence-electron chi connectivity index (χ2n) is 4.88. The Labute approximate surface area is 131 Å². The van der Waals surface area contributed by atoms with Gasteiger partial charge in [-0.25, -0.2) is 0 Å². The highest BCUT2D eigenvalue weighted by Gasteiger charge is 2.06. The van der Waals surface area contributed by atoms with Gasteiger partial charge in [-0.3, -0.25) is 0 Å². The lowest BCUT2D eigenvalue weighted by molar-refractivity contribution is 0.208. The van der Waals surface area contributed by atoms with Gasteiger partial charge in [0.05, 0.1) is 13.2 Å². The van der Waals surface area contributed by atoms with Crippen LogP contribution in [-0.2, 0) is 6.61 Å². The van der Waals surface area contributed by atoms with Gasteiger partial charge in [0.25, 0.3) is 0 Å². The molecule has 0 saturated carbocycles. The molecular formula is C18H22O4. The summed E-state index contributed by atoms with van der Waals surface area (Å²) in [6.45, 7) is 5.36. The molecule has 0 unspecified atom stereocenters. The topological polar surface area (TPSA) is 47.9 Å². The van der Waals surface area contributed by atoms with Crippen LogP contribution >= 0.6 is 0 Å². The Hall–Kier alpha value is -2.20. The van der Waals surface area contributed by atoms with Crippen LogP contribution in [0.15, 0.2) is 42.5 Å². The molecule has 0 heterocycles. The minimum atomic E-state index is -0.0170. The number of benzene rings is 2. The molecule has 0 saturated heterocycles. The first-order valence-electron chi connectivity index (χ1n) is 7.41. The number of aliphatic hydroxyl groups excluding tert-OH is 1. The lowest BCUT2D eigenvalue weighted by atomic mass is 10.2. The van der Waals surface area contributed by atoms with Crippen molar-refractivity contribution in [2.75, 3.05) is 19.8 Å². The molecule has 2 aromatic rings. The monoisotopic (exact) mass is 302 g/mol. The van der Waals surface area contributed by atoms with Crippen molar-refractivity contribution in [3.8, 4) is 17.2 Å². The molecule has 0 radical (unpaired) electrons. The van der Waals surface area contributed by atoms with Crippen LogP contribution in [0.5, 0.6) is 17.2 Å². The summed E-state index contributed by atoms with van der Waals surface area (Å²) in [4.78, 5) is 0. The molecule has 1 N–H and O–H groups in total. The average Bonchev–Trinajstić information content (AvgIpc) is 2.54. The summed E-state index contributed by atoms with van der Waals surface area (Å²) < 4.78 is 16.9. The van der Waals surface area contributed by atoms with E-state index in [2.05, 4.69) is 0 Å². The van der Waals surface area contributed by atoms with Crippen LogP contribution in [0.25, 0.3) is 0 Å². The Bertz CT molecular complexity index is 578. The van der Waals surface area contributed by atoms with E-state index in [4.69, 9.17) is 19.3 Å². The molecule has 2 rings (SSSR count). The van der Waals surface area contributed by atoms with Crippen molar-refractivity contribution in [3.63, 3.8) is 0 Å². The normalized spacial score (nSPS) is 10.3. The fraction of sp³-hybridized carbons (Fsp3) is 0.333. The fourth-order valence-electron chi connectivity index (χ4n) is 1.98. The number of ether oxygens (including phenoxy) is 3. The minimum Gasteiger partial charge on any atom is -0.490 e. The highest BCUT2D eigenvalue weighted by molar-refractivity contribution is 5.42. The van der Waals surface area contributed by atoms with Gasteiger partial charge in [-0.2, -0.15) is 0 Å². The first kappa shape index (κ1) is 16.2. The largest absolute Gasteiger partial charge is 0.490 e. The lowest BCUT2D eigenvalue weighted by Crippen LogP contribution is -2.10. The lowest BCUT2D eigenvalue weighted by Gasteiger charge is -2.13. The summed E-state index contributed by atoms with van der Waals surface area (Å²) in [6.07, 6.45) is 0. The van der Waals surface area contributed by atoms with Crippen molar-refractivity contribution < 1.29 is 19.3 Å². The Morgan fingerprint density at radius 3 is 2.27 bits per heavy atom. The highest BCUT2D eigenvalue weighted by atomic mass is 16.5. The van der Waals surface area contributed by atoms with Crippen molar-refractivity contribution in [2.24, 2.45) is 0 Å². The summed E-state index contributed by atoms with van der Waals surface area (Å²) in [5.41, 5.74) is 2.00. The molecule has 2 aromatic carbocycles. The molecule has 4 nitrogen and oxygen atoms in total. The maximum absolute atomic E-state index is 9.16. The van der Waals surface area contributed by atoms with E-state index in [9.17, 15) is 0 Å². The fourth-order valence-corrected chi connectivity index (χ4v) is 1.98. The third kappa shape index (κ3) is 4.67. The third-order valence-electron chi connectivity index (χ3n) is 3.12. The molecular weight excluding hydrogens is 280 g/mol. The standard InChI is InChI=1S/C18H22O4/c1-3-20-18-12-15(13-19)6-9-17(18)22-11-10-21-16-7-4-14(2)5-8-16/h4-9,12,19H,3,10-11,13H2,1-2H3. The predicted molar refractivity (Wildman–Crippen MR) is 85.7 cm³/mol. The average molecular weight is 302 g/mol. The van der Waals surface area contributed by atoms with Crippen molar-refractivity contribution in [3.05, 3.63) is 53.6 Å². The van der Waals surface area contributed by atoms with Gasteiger partial charge in [0.2, 0.25) is 0 Å². The van der Waals surface area contributed by atoms with Crippen LogP contribution in [0.1, 0.15) is 18.1 Å².